The standard InChI is InChI=1S/C17H13FN2O2S/c1-10-12-7-14(19-22)13(18)8-15(12)20(9-16(10)23)17(21)11-5-3-2-4-6-11/h2-8,23H,9H2,1H3. The Morgan fingerprint density at radius 2 is 1.96 bits per heavy atom. The summed E-state index contributed by atoms with van der Waals surface area (Å²) in [5.74, 6) is -1.00. The first-order chi connectivity index (χ1) is 11.0. The lowest BCUT2D eigenvalue weighted by atomic mass is 9.98. The zero-order chi connectivity index (χ0) is 16.6. The van der Waals surface area contributed by atoms with Gasteiger partial charge in [0.05, 0.1) is 12.2 Å². The molecule has 0 saturated carbocycles. The van der Waals surface area contributed by atoms with Gasteiger partial charge in [0.15, 0.2) is 5.82 Å². The number of allylic oxidation sites excluding steroid dienone is 1. The minimum Gasteiger partial charge on any atom is -0.303 e. The largest absolute Gasteiger partial charge is 0.303 e. The van der Waals surface area contributed by atoms with E-state index in [0.717, 1.165) is 5.57 Å². The Morgan fingerprint density at radius 3 is 2.61 bits per heavy atom. The molecule has 1 heterocycles. The molecule has 0 saturated heterocycles. The number of rotatable bonds is 2. The lowest BCUT2D eigenvalue weighted by Gasteiger charge is -2.31. The van der Waals surface area contributed by atoms with E-state index in [1.807, 2.05) is 13.0 Å². The van der Waals surface area contributed by atoms with Gasteiger partial charge in [-0.2, -0.15) is 0 Å². The molecule has 1 amide bonds. The van der Waals surface area contributed by atoms with Crippen molar-refractivity contribution in [1.29, 1.82) is 0 Å². The van der Waals surface area contributed by atoms with E-state index < -0.39 is 5.82 Å². The van der Waals surface area contributed by atoms with E-state index >= 15 is 0 Å². The van der Waals surface area contributed by atoms with Crippen molar-refractivity contribution in [1.82, 2.24) is 0 Å². The monoisotopic (exact) mass is 328 g/mol. The lowest BCUT2D eigenvalue weighted by Crippen LogP contribution is -2.35. The second-order valence-electron chi connectivity index (χ2n) is 5.24. The van der Waals surface area contributed by atoms with Gasteiger partial charge in [-0.15, -0.1) is 17.5 Å². The number of carbonyl (C=O) groups excluding carboxylic acids is 1. The molecule has 116 valence electrons. The SMILES string of the molecule is CC1=C(S)CN(C(=O)c2ccccc2)c2cc(F)c(N=O)cc21. The molecule has 6 heteroatoms. The van der Waals surface area contributed by atoms with Gasteiger partial charge in [0.25, 0.3) is 5.91 Å². The minimum atomic E-state index is -0.750. The molecule has 0 fully saturated rings. The third kappa shape index (κ3) is 2.66. The fraction of sp³-hybridized carbons (Fsp3) is 0.118. The smallest absolute Gasteiger partial charge is 0.258 e. The average molecular weight is 328 g/mol. The van der Waals surface area contributed by atoms with Gasteiger partial charge in [0.2, 0.25) is 0 Å². The maximum atomic E-state index is 14.0. The number of benzene rings is 2. The van der Waals surface area contributed by atoms with E-state index in [0.29, 0.717) is 21.7 Å². The van der Waals surface area contributed by atoms with Crippen LogP contribution in [-0.2, 0) is 0 Å². The fourth-order valence-electron chi connectivity index (χ4n) is 2.57. The quantitative estimate of drug-likeness (QED) is 0.650. The van der Waals surface area contributed by atoms with Crippen LogP contribution in [0.4, 0.5) is 15.8 Å². The summed E-state index contributed by atoms with van der Waals surface area (Å²) in [4.78, 5) is 25.6. The first-order valence-corrected chi connectivity index (χ1v) is 7.40. The number of carbonyl (C=O) groups is 1. The predicted molar refractivity (Wildman–Crippen MR) is 91.6 cm³/mol. The number of anilines is 1. The first kappa shape index (κ1) is 15.4. The predicted octanol–water partition coefficient (Wildman–Crippen LogP) is 4.54. The molecule has 0 spiro atoms. The number of hydrogen-bond donors (Lipinski definition) is 1. The Hall–Kier alpha value is -2.47. The van der Waals surface area contributed by atoms with E-state index in [-0.39, 0.29) is 18.1 Å². The van der Waals surface area contributed by atoms with Crippen molar-refractivity contribution in [2.45, 2.75) is 6.92 Å². The molecule has 2 aromatic rings. The molecular formula is C17H13FN2O2S. The average Bonchev–Trinajstić information content (AvgIpc) is 2.58. The molecule has 0 unspecified atom stereocenters. The van der Waals surface area contributed by atoms with E-state index in [1.165, 1.54) is 17.0 Å². The normalized spacial score (nSPS) is 13.8. The van der Waals surface area contributed by atoms with Crippen LogP contribution in [0.25, 0.3) is 5.57 Å². The van der Waals surface area contributed by atoms with Crippen LogP contribution in [-0.4, -0.2) is 12.5 Å². The maximum Gasteiger partial charge on any atom is 0.258 e. The van der Waals surface area contributed by atoms with Crippen molar-refractivity contribution < 1.29 is 9.18 Å². The summed E-state index contributed by atoms with van der Waals surface area (Å²) in [5, 5.41) is 2.69. The Balaban J connectivity index is 2.15. The number of hydrogen-bond acceptors (Lipinski definition) is 4. The Labute approximate surface area is 138 Å². The zero-order valence-electron chi connectivity index (χ0n) is 12.3. The molecule has 4 nitrogen and oxygen atoms in total. The molecule has 0 radical (unpaired) electrons. The Morgan fingerprint density at radius 1 is 1.26 bits per heavy atom. The molecule has 0 atom stereocenters. The zero-order valence-corrected chi connectivity index (χ0v) is 13.2. The maximum absolute atomic E-state index is 14.0. The van der Waals surface area contributed by atoms with Crippen molar-refractivity contribution in [2.75, 3.05) is 11.4 Å². The molecule has 1 aliphatic heterocycles. The summed E-state index contributed by atoms with van der Waals surface area (Å²) >= 11 is 4.42. The number of halogens is 1. The molecule has 0 bridgehead atoms. The Bertz CT molecular complexity index is 834. The van der Waals surface area contributed by atoms with Crippen LogP contribution in [0.1, 0.15) is 22.8 Å². The molecule has 0 aliphatic carbocycles. The fourth-order valence-corrected chi connectivity index (χ4v) is 2.83. The van der Waals surface area contributed by atoms with E-state index in [9.17, 15) is 14.1 Å². The topological polar surface area (TPSA) is 49.7 Å². The van der Waals surface area contributed by atoms with Crippen LogP contribution >= 0.6 is 12.6 Å². The number of thiol groups is 1. The van der Waals surface area contributed by atoms with Crippen LogP contribution in [0, 0.1) is 10.7 Å². The third-order valence-corrected chi connectivity index (χ3v) is 4.34. The van der Waals surface area contributed by atoms with Crippen LogP contribution in [0.5, 0.6) is 0 Å². The van der Waals surface area contributed by atoms with Crippen molar-refractivity contribution in [3.63, 3.8) is 0 Å². The number of fused-ring (bicyclic) bond motifs is 1. The van der Waals surface area contributed by atoms with Gasteiger partial charge < -0.3 is 4.90 Å². The first-order valence-electron chi connectivity index (χ1n) is 6.96. The highest BCUT2D eigenvalue weighted by Crippen LogP contribution is 2.39. The van der Waals surface area contributed by atoms with Crippen LogP contribution in [0.2, 0.25) is 0 Å². The summed E-state index contributed by atoms with van der Waals surface area (Å²) in [5.41, 5.74) is 2.02. The van der Waals surface area contributed by atoms with Crippen LogP contribution < -0.4 is 4.90 Å². The third-order valence-electron chi connectivity index (χ3n) is 3.86. The van der Waals surface area contributed by atoms with Gasteiger partial charge in [0, 0.05) is 22.1 Å². The summed E-state index contributed by atoms with van der Waals surface area (Å²) in [6.07, 6.45) is 0. The summed E-state index contributed by atoms with van der Waals surface area (Å²) < 4.78 is 14.0. The molecule has 2 aromatic carbocycles. The van der Waals surface area contributed by atoms with Crippen LogP contribution in [0.3, 0.4) is 0 Å². The van der Waals surface area contributed by atoms with Gasteiger partial charge >= 0.3 is 0 Å². The van der Waals surface area contributed by atoms with Crippen molar-refractivity contribution >= 4 is 35.5 Å². The number of nitroso groups, excluding NO2 is 1. The minimum absolute atomic E-state index is 0.253. The van der Waals surface area contributed by atoms with Gasteiger partial charge in [-0.3, -0.25) is 4.79 Å². The molecule has 0 aromatic heterocycles. The van der Waals surface area contributed by atoms with Crippen molar-refractivity contribution in [3.8, 4) is 0 Å². The van der Waals surface area contributed by atoms with Gasteiger partial charge in [-0.25, -0.2) is 4.39 Å². The molecule has 23 heavy (non-hydrogen) atoms. The molecule has 0 N–H and O–H groups in total. The Kier molecular flexibility index (Phi) is 4.00. The second kappa shape index (κ2) is 5.96. The molecule has 1 aliphatic rings. The number of amides is 1. The van der Waals surface area contributed by atoms with E-state index in [4.69, 9.17) is 0 Å². The van der Waals surface area contributed by atoms with Crippen molar-refractivity contribution in [2.24, 2.45) is 5.18 Å². The molecule has 3 rings (SSSR count). The highest BCUT2D eigenvalue weighted by molar-refractivity contribution is 7.84. The second-order valence-corrected chi connectivity index (χ2v) is 5.78. The summed E-state index contributed by atoms with van der Waals surface area (Å²) in [6.45, 7) is 2.07. The highest BCUT2D eigenvalue weighted by Gasteiger charge is 2.28. The highest BCUT2D eigenvalue weighted by atomic mass is 32.1. The van der Waals surface area contributed by atoms with Crippen molar-refractivity contribution in [3.05, 3.63) is 69.2 Å². The lowest BCUT2D eigenvalue weighted by molar-refractivity contribution is 0.0989. The number of nitrogens with zero attached hydrogens (tertiary/aromatic N) is 2. The summed E-state index contributed by atoms with van der Waals surface area (Å²) in [7, 11) is 0. The van der Waals surface area contributed by atoms with E-state index in [2.05, 4.69) is 17.8 Å². The van der Waals surface area contributed by atoms with E-state index in [1.54, 1.807) is 24.3 Å². The molecular weight excluding hydrogens is 315 g/mol. The van der Waals surface area contributed by atoms with Gasteiger partial charge in [-0.1, -0.05) is 18.2 Å². The summed E-state index contributed by atoms with van der Waals surface area (Å²) in [6, 6.07) is 11.3. The van der Waals surface area contributed by atoms with Gasteiger partial charge in [0.1, 0.15) is 5.69 Å². The van der Waals surface area contributed by atoms with Gasteiger partial charge in [-0.05, 0) is 35.9 Å². The van der Waals surface area contributed by atoms with Crippen LogP contribution in [0.15, 0.2) is 52.5 Å².